The number of nitrogens with two attached hydrogens (primary N) is 1. The molecule has 0 aliphatic heterocycles. The van der Waals surface area contributed by atoms with E-state index in [1.807, 2.05) is 0 Å². The molecule has 3 N–H and O–H groups in total. The van der Waals surface area contributed by atoms with Crippen LogP contribution >= 0.6 is 0 Å². The molecule has 1 aromatic carbocycles. The summed E-state index contributed by atoms with van der Waals surface area (Å²) in [5.41, 5.74) is 10.3. The normalized spacial score (nSPS) is 29.6. The molecule has 24 heavy (non-hydrogen) atoms. The first-order valence-corrected chi connectivity index (χ1v) is 9.76. The molecule has 2 aliphatic carbocycles. The zero-order chi connectivity index (χ0) is 17.0. The number of fused-ring (bicyclic) bond motifs is 1. The van der Waals surface area contributed by atoms with E-state index in [2.05, 4.69) is 25.1 Å². The van der Waals surface area contributed by atoms with Gasteiger partial charge in [0.2, 0.25) is 0 Å². The zero-order valence-corrected chi connectivity index (χ0v) is 15.1. The first-order chi connectivity index (χ1) is 11.6. The van der Waals surface area contributed by atoms with E-state index in [0.717, 1.165) is 45.1 Å². The van der Waals surface area contributed by atoms with Crippen LogP contribution < -0.4 is 5.73 Å². The molecule has 3 nitrogen and oxygen atoms in total. The molecule has 0 aromatic heterocycles. The lowest BCUT2D eigenvalue weighted by Gasteiger charge is -2.26. The van der Waals surface area contributed by atoms with Crippen molar-refractivity contribution in [2.75, 3.05) is 13.2 Å². The molecular formula is C21H33NO2. The first kappa shape index (κ1) is 17.9. The van der Waals surface area contributed by atoms with Crippen LogP contribution in [0.5, 0.6) is 0 Å². The highest BCUT2D eigenvalue weighted by Gasteiger charge is 2.36. The molecule has 1 aromatic rings. The van der Waals surface area contributed by atoms with Gasteiger partial charge in [0, 0.05) is 12.1 Å². The fraction of sp³-hybridized carbons (Fsp3) is 0.714. The Morgan fingerprint density at radius 1 is 1.25 bits per heavy atom. The second kappa shape index (κ2) is 7.99. The van der Waals surface area contributed by atoms with Crippen LogP contribution in [0.2, 0.25) is 0 Å². The second-order valence-electron chi connectivity index (χ2n) is 7.93. The fourth-order valence-corrected chi connectivity index (χ4v) is 4.32. The van der Waals surface area contributed by atoms with E-state index in [9.17, 15) is 5.11 Å². The summed E-state index contributed by atoms with van der Waals surface area (Å²) in [6.07, 6.45) is 10.4. The maximum absolute atomic E-state index is 9.48. The van der Waals surface area contributed by atoms with Gasteiger partial charge in [-0.2, -0.15) is 0 Å². The SMILES string of the molecule is CCCCCOC1CCc2cc([C@H]3CC[C@](N)(CO)C3)ccc2C1. The van der Waals surface area contributed by atoms with E-state index in [0.29, 0.717) is 12.0 Å². The second-order valence-corrected chi connectivity index (χ2v) is 7.93. The van der Waals surface area contributed by atoms with Crippen molar-refractivity contribution in [1.82, 2.24) is 0 Å². The first-order valence-electron chi connectivity index (χ1n) is 9.76. The molecule has 0 bridgehead atoms. The molecule has 1 unspecified atom stereocenters. The van der Waals surface area contributed by atoms with Crippen LogP contribution in [-0.4, -0.2) is 30.0 Å². The van der Waals surface area contributed by atoms with E-state index in [4.69, 9.17) is 10.5 Å². The van der Waals surface area contributed by atoms with Gasteiger partial charge in [0.05, 0.1) is 12.7 Å². The van der Waals surface area contributed by atoms with Gasteiger partial charge in [-0.1, -0.05) is 38.0 Å². The molecule has 0 saturated heterocycles. The largest absolute Gasteiger partial charge is 0.394 e. The van der Waals surface area contributed by atoms with Crippen LogP contribution in [0.3, 0.4) is 0 Å². The number of ether oxygens (including phenoxy) is 1. The predicted octanol–water partition coefficient (Wildman–Crippen LogP) is 3.71. The molecule has 0 spiro atoms. The summed E-state index contributed by atoms with van der Waals surface area (Å²) in [6.45, 7) is 3.24. The van der Waals surface area contributed by atoms with Crippen molar-refractivity contribution < 1.29 is 9.84 Å². The number of hydrogen-bond acceptors (Lipinski definition) is 3. The van der Waals surface area contributed by atoms with Crippen LogP contribution in [0.25, 0.3) is 0 Å². The lowest BCUT2D eigenvalue weighted by molar-refractivity contribution is 0.0419. The quantitative estimate of drug-likeness (QED) is 0.749. The maximum Gasteiger partial charge on any atom is 0.0618 e. The topological polar surface area (TPSA) is 55.5 Å². The Hall–Kier alpha value is -0.900. The molecule has 134 valence electrons. The highest BCUT2D eigenvalue weighted by atomic mass is 16.5. The van der Waals surface area contributed by atoms with Crippen LogP contribution in [-0.2, 0) is 17.6 Å². The van der Waals surface area contributed by atoms with Crippen molar-refractivity contribution in [3.8, 4) is 0 Å². The standard InChI is InChI=1S/C21H33NO2/c1-2-3-4-11-24-20-8-7-16-12-17(5-6-18(16)13-20)19-9-10-21(22,14-19)15-23/h5-6,12,19-20,23H,2-4,7-11,13-15,22H2,1H3/t19-,20?,21+/m0/s1. The third-order valence-electron chi connectivity index (χ3n) is 5.94. The molecule has 2 aliphatic rings. The summed E-state index contributed by atoms with van der Waals surface area (Å²) in [5.74, 6) is 0.510. The Morgan fingerprint density at radius 3 is 2.88 bits per heavy atom. The number of unbranched alkanes of at least 4 members (excludes halogenated alkanes) is 2. The van der Waals surface area contributed by atoms with Crippen molar-refractivity contribution >= 4 is 0 Å². The molecule has 3 rings (SSSR count). The summed E-state index contributed by atoms with van der Waals surface area (Å²) in [4.78, 5) is 0. The summed E-state index contributed by atoms with van der Waals surface area (Å²) in [7, 11) is 0. The minimum Gasteiger partial charge on any atom is -0.394 e. The Kier molecular flexibility index (Phi) is 5.96. The summed E-state index contributed by atoms with van der Waals surface area (Å²) < 4.78 is 6.07. The van der Waals surface area contributed by atoms with Crippen molar-refractivity contribution in [3.05, 3.63) is 34.9 Å². The third kappa shape index (κ3) is 4.19. The average molecular weight is 332 g/mol. The van der Waals surface area contributed by atoms with Crippen LogP contribution in [0, 0.1) is 0 Å². The predicted molar refractivity (Wildman–Crippen MR) is 98.3 cm³/mol. The summed E-state index contributed by atoms with van der Waals surface area (Å²) in [5, 5.41) is 9.48. The number of hydrogen-bond donors (Lipinski definition) is 2. The molecule has 1 fully saturated rings. The van der Waals surface area contributed by atoms with Gasteiger partial charge in [0.25, 0.3) is 0 Å². The van der Waals surface area contributed by atoms with Crippen LogP contribution in [0.4, 0.5) is 0 Å². The molecular weight excluding hydrogens is 298 g/mol. The van der Waals surface area contributed by atoms with Gasteiger partial charge in [-0.3, -0.25) is 0 Å². The zero-order valence-electron chi connectivity index (χ0n) is 15.1. The minimum absolute atomic E-state index is 0.103. The van der Waals surface area contributed by atoms with Crippen LogP contribution in [0.15, 0.2) is 18.2 Å². The number of benzene rings is 1. The Bertz CT molecular complexity index is 545. The Labute approximate surface area is 146 Å². The lowest BCUT2D eigenvalue weighted by Crippen LogP contribution is -2.40. The summed E-state index contributed by atoms with van der Waals surface area (Å²) >= 11 is 0. The van der Waals surface area contributed by atoms with Gasteiger partial charge in [-0.15, -0.1) is 0 Å². The minimum atomic E-state index is -0.363. The monoisotopic (exact) mass is 331 g/mol. The van der Waals surface area contributed by atoms with Crippen molar-refractivity contribution in [2.24, 2.45) is 5.73 Å². The number of rotatable bonds is 7. The van der Waals surface area contributed by atoms with E-state index < -0.39 is 0 Å². The Morgan fingerprint density at radius 2 is 2.12 bits per heavy atom. The number of aliphatic hydroxyl groups excluding tert-OH is 1. The highest BCUT2D eigenvalue weighted by Crippen LogP contribution is 2.40. The highest BCUT2D eigenvalue weighted by molar-refractivity contribution is 5.36. The van der Waals surface area contributed by atoms with Crippen LogP contribution in [0.1, 0.15) is 74.5 Å². The molecule has 0 radical (unpaired) electrons. The number of aliphatic hydroxyl groups is 1. The van der Waals surface area contributed by atoms with Crippen molar-refractivity contribution in [1.29, 1.82) is 0 Å². The average Bonchev–Trinajstić information content (AvgIpc) is 3.01. The smallest absolute Gasteiger partial charge is 0.0618 e. The molecule has 3 heteroatoms. The lowest BCUT2D eigenvalue weighted by atomic mass is 9.85. The van der Waals surface area contributed by atoms with E-state index in [1.165, 1.54) is 36.0 Å². The third-order valence-corrected chi connectivity index (χ3v) is 5.94. The van der Waals surface area contributed by atoms with Gasteiger partial charge >= 0.3 is 0 Å². The maximum atomic E-state index is 9.48. The van der Waals surface area contributed by atoms with Gasteiger partial charge in [0.1, 0.15) is 0 Å². The van der Waals surface area contributed by atoms with Gasteiger partial charge in [-0.05, 0) is 67.6 Å². The molecule has 1 saturated carbocycles. The van der Waals surface area contributed by atoms with Gasteiger partial charge in [0.15, 0.2) is 0 Å². The van der Waals surface area contributed by atoms with Crippen molar-refractivity contribution in [2.45, 2.75) is 82.3 Å². The van der Waals surface area contributed by atoms with Gasteiger partial charge < -0.3 is 15.6 Å². The fourth-order valence-electron chi connectivity index (χ4n) is 4.32. The molecule has 0 amide bonds. The Balaban J connectivity index is 1.58. The van der Waals surface area contributed by atoms with E-state index in [-0.39, 0.29) is 12.1 Å². The van der Waals surface area contributed by atoms with Gasteiger partial charge in [-0.25, -0.2) is 0 Å². The summed E-state index contributed by atoms with van der Waals surface area (Å²) in [6, 6.07) is 6.99. The number of aryl methyl sites for hydroxylation is 1. The van der Waals surface area contributed by atoms with Crippen molar-refractivity contribution in [3.63, 3.8) is 0 Å². The molecule has 3 atom stereocenters. The van der Waals surface area contributed by atoms with E-state index in [1.54, 1.807) is 0 Å². The molecule has 0 heterocycles. The van der Waals surface area contributed by atoms with E-state index >= 15 is 0 Å².